The predicted octanol–water partition coefficient (Wildman–Crippen LogP) is 3.04. The first-order valence-electron chi connectivity index (χ1n) is 9.29. The van der Waals surface area contributed by atoms with Crippen LogP contribution in [0.4, 0.5) is 5.69 Å². The topological polar surface area (TPSA) is 44.8 Å². The summed E-state index contributed by atoms with van der Waals surface area (Å²) in [6.07, 6.45) is 2.03. The summed E-state index contributed by atoms with van der Waals surface area (Å²) in [6.45, 7) is 5.79. The highest BCUT2D eigenvalue weighted by molar-refractivity contribution is 7.98. The highest BCUT2D eigenvalue weighted by Gasteiger charge is 2.18. The molecule has 1 N–H and O–H groups in total. The lowest BCUT2D eigenvalue weighted by atomic mass is 10.3. The summed E-state index contributed by atoms with van der Waals surface area (Å²) in [6, 6.07) is 17.9. The molecule has 0 unspecified atom stereocenters. The predicted molar refractivity (Wildman–Crippen MR) is 112 cm³/mol. The number of benzene rings is 2. The zero-order valence-electron chi connectivity index (χ0n) is 15.8. The Kier molecular flexibility index (Phi) is 7.56. The Labute approximate surface area is 165 Å². The van der Waals surface area contributed by atoms with Crippen LogP contribution in [-0.4, -0.2) is 67.8 Å². The van der Waals surface area contributed by atoms with Gasteiger partial charge in [0.1, 0.15) is 12.4 Å². The summed E-state index contributed by atoms with van der Waals surface area (Å²) in [4.78, 5) is 18.0. The normalized spacial score (nSPS) is 15.4. The van der Waals surface area contributed by atoms with Crippen molar-refractivity contribution in [3.05, 3.63) is 54.6 Å². The number of ether oxygens (including phenoxy) is 1. The van der Waals surface area contributed by atoms with E-state index in [-0.39, 0.29) is 5.91 Å². The van der Waals surface area contributed by atoms with Gasteiger partial charge in [-0.2, -0.15) is 0 Å². The Morgan fingerprint density at radius 3 is 2.52 bits per heavy atom. The second-order valence-electron chi connectivity index (χ2n) is 6.56. The second-order valence-corrected chi connectivity index (χ2v) is 7.44. The van der Waals surface area contributed by atoms with Gasteiger partial charge >= 0.3 is 0 Å². The highest BCUT2D eigenvalue weighted by Crippen LogP contribution is 2.19. The van der Waals surface area contributed by atoms with Crippen LogP contribution in [-0.2, 0) is 4.79 Å². The number of anilines is 1. The molecule has 0 aliphatic carbocycles. The number of hydrogen-bond donors (Lipinski definition) is 1. The second kappa shape index (κ2) is 10.3. The van der Waals surface area contributed by atoms with Gasteiger partial charge in [-0.05, 0) is 36.6 Å². The monoisotopic (exact) mass is 385 g/mol. The van der Waals surface area contributed by atoms with Gasteiger partial charge in [-0.1, -0.05) is 24.3 Å². The minimum absolute atomic E-state index is 0.0501. The Bertz CT molecular complexity index is 718. The van der Waals surface area contributed by atoms with Gasteiger partial charge < -0.3 is 10.1 Å². The molecule has 144 valence electrons. The maximum absolute atomic E-state index is 12.3. The summed E-state index contributed by atoms with van der Waals surface area (Å²) in [5.41, 5.74) is 0.864. The number of nitrogens with one attached hydrogen (secondary N) is 1. The van der Waals surface area contributed by atoms with Crippen LogP contribution in [0.3, 0.4) is 0 Å². The standard InChI is InChI=1S/C21H27N3O2S/c1-27-20-9-5-6-18(16-20)22-21(25)17-24-12-10-23(11-13-24)14-15-26-19-7-3-2-4-8-19/h2-9,16H,10-15,17H2,1H3,(H,22,25). The molecule has 0 aromatic heterocycles. The number of para-hydroxylation sites is 1. The summed E-state index contributed by atoms with van der Waals surface area (Å²) in [5, 5.41) is 3.00. The number of amides is 1. The smallest absolute Gasteiger partial charge is 0.238 e. The first kappa shape index (κ1) is 19.7. The summed E-state index contributed by atoms with van der Waals surface area (Å²) >= 11 is 1.67. The molecule has 1 amide bonds. The Balaban J connectivity index is 1.34. The fourth-order valence-electron chi connectivity index (χ4n) is 3.08. The van der Waals surface area contributed by atoms with E-state index in [1.807, 2.05) is 60.9 Å². The van der Waals surface area contributed by atoms with Crippen LogP contribution >= 0.6 is 11.8 Å². The number of piperazine rings is 1. The van der Waals surface area contributed by atoms with Crippen LogP contribution in [0.15, 0.2) is 59.5 Å². The average molecular weight is 386 g/mol. The SMILES string of the molecule is CSc1cccc(NC(=O)CN2CCN(CCOc3ccccc3)CC2)c1. The molecule has 0 bridgehead atoms. The van der Waals surface area contributed by atoms with E-state index in [1.165, 1.54) is 0 Å². The van der Waals surface area contributed by atoms with Crippen LogP contribution in [0.1, 0.15) is 0 Å². The van der Waals surface area contributed by atoms with Crippen LogP contribution in [0.2, 0.25) is 0 Å². The van der Waals surface area contributed by atoms with Crippen molar-refractivity contribution in [2.45, 2.75) is 4.90 Å². The van der Waals surface area contributed by atoms with Gasteiger partial charge in [0.25, 0.3) is 0 Å². The van der Waals surface area contributed by atoms with Crippen molar-refractivity contribution in [1.29, 1.82) is 0 Å². The lowest BCUT2D eigenvalue weighted by Gasteiger charge is -2.34. The largest absolute Gasteiger partial charge is 0.492 e. The van der Waals surface area contributed by atoms with Gasteiger partial charge in [0.05, 0.1) is 6.54 Å². The minimum Gasteiger partial charge on any atom is -0.492 e. The first-order valence-corrected chi connectivity index (χ1v) is 10.5. The molecular formula is C21H27N3O2S. The third-order valence-electron chi connectivity index (χ3n) is 4.61. The zero-order chi connectivity index (χ0) is 18.9. The van der Waals surface area contributed by atoms with E-state index in [0.717, 1.165) is 49.1 Å². The lowest BCUT2D eigenvalue weighted by molar-refractivity contribution is -0.117. The van der Waals surface area contributed by atoms with E-state index < -0.39 is 0 Å². The van der Waals surface area contributed by atoms with E-state index in [2.05, 4.69) is 15.1 Å². The lowest BCUT2D eigenvalue weighted by Crippen LogP contribution is -2.49. The Morgan fingerprint density at radius 2 is 1.78 bits per heavy atom. The first-order chi connectivity index (χ1) is 13.2. The third-order valence-corrected chi connectivity index (χ3v) is 5.33. The molecule has 2 aromatic rings. The zero-order valence-corrected chi connectivity index (χ0v) is 16.6. The van der Waals surface area contributed by atoms with E-state index in [0.29, 0.717) is 13.2 Å². The van der Waals surface area contributed by atoms with Crippen LogP contribution in [0, 0.1) is 0 Å². The molecule has 1 heterocycles. The van der Waals surface area contributed by atoms with Crippen molar-refractivity contribution < 1.29 is 9.53 Å². The van der Waals surface area contributed by atoms with Crippen LogP contribution < -0.4 is 10.1 Å². The van der Waals surface area contributed by atoms with Gasteiger partial charge in [-0.3, -0.25) is 14.6 Å². The van der Waals surface area contributed by atoms with Gasteiger partial charge in [0.15, 0.2) is 0 Å². The molecule has 1 aliphatic heterocycles. The number of rotatable bonds is 8. The molecule has 1 aliphatic rings. The fourth-order valence-corrected chi connectivity index (χ4v) is 3.54. The molecule has 1 saturated heterocycles. The molecule has 0 radical (unpaired) electrons. The van der Waals surface area contributed by atoms with Crippen molar-refractivity contribution in [2.75, 3.05) is 57.4 Å². The molecular weight excluding hydrogens is 358 g/mol. The van der Waals surface area contributed by atoms with Gasteiger partial charge in [0.2, 0.25) is 5.91 Å². The minimum atomic E-state index is 0.0501. The molecule has 6 heteroatoms. The average Bonchev–Trinajstić information content (AvgIpc) is 2.70. The van der Waals surface area contributed by atoms with E-state index in [9.17, 15) is 4.79 Å². The Morgan fingerprint density at radius 1 is 1.04 bits per heavy atom. The van der Waals surface area contributed by atoms with Gasteiger partial charge in [0, 0.05) is 43.3 Å². The summed E-state index contributed by atoms with van der Waals surface area (Å²) in [5.74, 6) is 0.965. The molecule has 1 fully saturated rings. The summed E-state index contributed by atoms with van der Waals surface area (Å²) in [7, 11) is 0. The van der Waals surface area contributed by atoms with Gasteiger partial charge in [-0.25, -0.2) is 0 Å². The molecule has 3 rings (SSSR count). The Hall–Kier alpha value is -2.02. The number of carbonyl (C=O) groups excluding carboxylic acids is 1. The fraction of sp³-hybridized carbons (Fsp3) is 0.381. The third kappa shape index (κ3) is 6.57. The van der Waals surface area contributed by atoms with Crippen LogP contribution in [0.25, 0.3) is 0 Å². The molecule has 0 atom stereocenters. The van der Waals surface area contributed by atoms with E-state index in [4.69, 9.17) is 4.74 Å². The van der Waals surface area contributed by atoms with Crippen LogP contribution in [0.5, 0.6) is 5.75 Å². The van der Waals surface area contributed by atoms with Gasteiger partial charge in [-0.15, -0.1) is 11.8 Å². The maximum Gasteiger partial charge on any atom is 0.238 e. The molecule has 27 heavy (non-hydrogen) atoms. The maximum atomic E-state index is 12.3. The number of nitrogens with zero attached hydrogens (tertiary/aromatic N) is 2. The van der Waals surface area contributed by atoms with E-state index in [1.54, 1.807) is 11.8 Å². The summed E-state index contributed by atoms with van der Waals surface area (Å²) < 4.78 is 5.76. The molecule has 0 saturated carbocycles. The molecule has 5 nitrogen and oxygen atoms in total. The van der Waals surface area contributed by atoms with E-state index >= 15 is 0 Å². The highest BCUT2D eigenvalue weighted by atomic mass is 32.2. The van der Waals surface area contributed by atoms with Crippen molar-refractivity contribution in [3.8, 4) is 5.75 Å². The van der Waals surface area contributed by atoms with Crippen molar-refractivity contribution >= 4 is 23.4 Å². The molecule has 2 aromatic carbocycles. The number of carbonyl (C=O) groups is 1. The number of thioether (sulfide) groups is 1. The quantitative estimate of drug-likeness (QED) is 0.708. The molecule has 0 spiro atoms. The van der Waals surface area contributed by atoms with Crippen molar-refractivity contribution in [3.63, 3.8) is 0 Å². The number of hydrogen-bond acceptors (Lipinski definition) is 5. The van der Waals surface area contributed by atoms with Crippen molar-refractivity contribution in [1.82, 2.24) is 9.80 Å². The van der Waals surface area contributed by atoms with Crippen molar-refractivity contribution in [2.24, 2.45) is 0 Å².